The third-order valence-corrected chi connectivity index (χ3v) is 4.58. The number of hydrogen-bond acceptors (Lipinski definition) is 5. The van der Waals surface area contributed by atoms with Gasteiger partial charge < -0.3 is 19.2 Å². The SMILES string of the molecule is CCOCc1c(C(=O)NCC(C)N2CCOCC2)oc2ccccc12. The molecule has 1 aromatic heterocycles. The molecule has 1 aliphatic heterocycles. The molecule has 3 rings (SSSR count). The van der Waals surface area contributed by atoms with E-state index >= 15 is 0 Å². The molecule has 136 valence electrons. The van der Waals surface area contributed by atoms with Crippen molar-refractivity contribution in [3.63, 3.8) is 0 Å². The predicted molar refractivity (Wildman–Crippen MR) is 95.7 cm³/mol. The third-order valence-electron chi connectivity index (χ3n) is 4.58. The molecular formula is C19H26N2O4. The Kier molecular flexibility index (Phi) is 6.07. The van der Waals surface area contributed by atoms with Crippen LogP contribution in [0.3, 0.4) is 0 Å². The molecule has 2 aromatic rings. The lowest BCUT2D eigenvalue weighted by Crippen LogP contribution is -2.47. The van der Waals surface area contributed by atoms with Crippen molar-refractivity contribution in [1.29, 1.82) is 0 Å². The van der Waals surface area contributed by atoms with Gasteiger partial charge in [0.1, 0.15) is 5.58 Å². The Balaban J connectivity index is 1.70. The molecule has 1 aliphatic rings. The van der Waals surface area contributed by atoms with Crippen molar-refractivity contribution in [3.05, 3.63) is 35.6 Å². The largest absolute Gasteiger partial charge is 0.451 e. The number of hydrogen-bond donors (Lipinski definition) is 1. The van der Waals surface area contributed by atoms with E-state index in [-0.39, 0.29) is 11.9 Å². The average molecular weight is 346 g/mol. The van der Waals surface area contributed by atoms with E-state index in [4.69, 9.17) is 13.9 Å². The molecule has 0 spiro atoms. The average Bonchev–Trinajstić information content (AvgIpc) is 3.03. The van der Waals surface area contributed by atoms with Crippen molar-refractivity contribution < 1.29 is 18.7 Å². The number of carbonyl (C=O) groups excluding carboxylic acids is 1. The molecular weight excluding hydrogens is 320 g/mol. The summed E-state index contributed by atoms with van der Waals surface area (Å²) in [4.78, 5) is 15.0. The lowest BCUT2D eigenvalue weighted by atomic mass is 10.1. The van der Waals surface area contributed by atoms with Gasteiger partial charge in [-0.3, -0.25) is 9.69 Å². The molecule has 1 aromatic carbocycles. The fourth-order valence-corrected chi connectivity index (χ4v) is 3.10. The molecule has 6 heteroatoms. The smallest absolute Gasteiger partial charge is 0.287 e. The summed E-state index contributed by atoms with van der Waals surface area (Å²) in [6.07, 6.45) is 0. The number of fused-ring (bicyclic) bond motifs is 1. The first-order valence-electron chi connectivity index (χ1n) is 8.88. The van der Waals surface area contributed by atoms with Crippen LogP contribution >= 0.6 is 0 Å². The Bertz CT molecular complexity index is 707. The van der Waals surface area contributed by atoms with Gasteiger partial charge in [-0.05, 0) is 19.9 Å². The molecule has 1 saturated heterocycles. The van der Waals surface area contributed by atoms with Crippen molar-refractivity contribution in [3.8, 4) is 0 Å². The topological polar surface area (TPSA) is 63.9 Å². The second kappa shape index (κ2) is 8.47. The fourth-order valence-electron chi connectivity index (χ4n) is 3.10. The molecule has 1 unspecified atom stereocenters. The van der Waals surface area contributed by atoms with Crippen molar-refractivity contribution in [2.45, 2.75) is 26.5 Å². The van der Waals surface area contributed by atoms with Crippen LogP contribution < -0.4 is 5.32 Å². The molecule has 1 N–H and O–H groups in total. The zero-order chi connectivity index (χ0) is 17.6. The maximum Gasteiger partial charge on any atom is 0.287 e. The highest BCUT2D eigenvalue weighted by atomic mass is 16.5. The molecule has 0 radical (unpaired) electrons. The Labute approximate surface area is 148 Å². The Morgan fingerprint density at radius 2 is 2.08 bits per heavy atom. The maximum atomic E-state index is 12.7. The molecule has 1 fully saturated rings. The van der Waals surface area contributed by atoms with Crippen LogP contribution in [-0.2, 0) is 16.1 Å². The normalized spacial score (nSPS) is 16.9. The van der Waals surface area contributed by atoms with Gasteiger partial charge >= 0.3 is 0 Å². The van der Waals surface area contributed by atoms with Crippen LogP contribution in [0.5, 0.6) is 0 Å². The summed E-state index contributed by atoms with van der Waals surface area (Å²) in [6, 6.07) is 7.93. The van der Waals surface area contributed by atoms with Crippen LogP contribution in [-0.4, -0.2) is 56.3 Å². The number of ether oxygens (including phenoxy) is 2. The van der Waals surface area contributed by atoms with E-state index in [0.717, 1.165) is 37.3 Å². The van der Waals surface area contributed by atoms with Gasteiger partial charge in [-0.2, -0.15) is 0 Å². The Morgan fingerprint density at radius 1 is 1.32 bits per heavy atom. The van der Waals surface area contributed by atoms with Gasteiger partial charge in [0.2, 0.25) is 0 Å². The number of amides is 1. The minimum atomic E-state index is -0.189. The van der Waals surface area contributed by atoms with Crippen LogP contribution in [0.2, 0.25) is 0 Å². The minimum Gasteiger partial charge on any atom is -0.451 e. The van der Waals surface area contributed by atoms with Gasteiger partial charge in [0.15, 0.2) is 5.76 Å². The second-order valence-electron chi connectivity index (χ2n) is 6.25. The number of benzene rings is 1. The van der Waals surface area contributed by atoms with Crippen molar-refractivity contribution >= 4 is 16.9 Å². The van der Waals surface area contributed by atoms with E-state index < -0.39 is 0 Å². The number of furan rings is 1. The summed E-state index contributed by atoms with van der Waals surface area (Å²) in [6.45, 7) is 8.89. The van der Waals surface area contributed by atoms with Crippen LogP contribution in [0.4, 0.5) is 0 Å². The summed E-state index contributed by atoms with van der Waals surface area (Å²) in [5.41, 5.74) is 1.53. The summed E-state index contributed by atoms with van der Waals surface area (Å²) in [7, 11) is 0. The number of rotatable bonds is 7. The zero-order valence-corrected chi connectivity index (χ0v) is 14.9. The second-order valence-corrected chi connectivity index (χ2v) is 6.25. The van der Waals surface area contributed by atoms with Crippen molar-refractivity contribution in [2.75, 3.05) is 39.5 Å². The van der Waals surface area contributed by atoms with Crippen LogP contribution in [0.25, 0.3) is 11.0 Å². The van der Waals surface area contributed by atoms with E-state index in [1.165, 1.54) is 0 Å². The highest BCUT2D eigenvalue weighted by Gasteiger charge is 2.22. The van der Waals surface area contributed by atoms with Gasteiger partial charge in [0.05, 0.1) is 19.8 Å². The highest BCUT2D eigenvalue weighted by Crippen LogP contribution is 2.26. The summed E-state index contributed by atoms with van der Waals surface area (Å²) < 4.78 is 16.7. The van der Waals surface area contributed by atoms with Gasteiger partial charge in [0.25, 0.3) is 5.91 Å². The zero-order valence-electron chi connectivity index (χ0n) is 14.9. The van der Waals surface area contributed by atoms with Crippen LogP contribution in [0, 0.1) is 0 Å². The van der Waals surface area contributed by atoms with Gasteiger partial charge in [-0.1, -0.05) is 18.2 Å². The molecule has 0 bridgehead atoms. The Morgan fingerprint density at radius 3 is 2.84 bits per heavy atom. The van der Waals surface area contributed by atoms with Crippen molar-refractivity contribution in [2.24, 2.45) is 0 Å². The number of para-hydroxylation sites is 1. The van der Waals surface area contributed by atoms with Gasteiger partial charge in [-0.25, -0.2) is 0 Å². The molecule has 0 saturated carbocycles. The number of carbonyl (C=O) groups is 1. The first-order chi connectivity index (χ1) is 12.2. The van der Waals surface area contributed by atoms with Gasteiger partial charge in [-0.15, -0.1) is 0 Å². The molecule has 1 atom stereocenters. The lowest BCUT2D eigenvalue weighted by molar-refractivity contribution is 0.0203. The Hall–Kier alpha value is -1.89. The molecule has 25 heavy (non-hydrogen) atoms. The van der Waals surface area contributed by atoms with Gasteiger partial charge in [0, 0.05) is 43.2 Å². The molecule has 1 amide bonds. The first kappa shape index (κ1) is 17.9. The quantitative estimate of drug-likeness (QED) is 0.834. The monoisotopic (exact) mass is 346 g/mol. The van der Waals surface area contributed by atoms with E-state index in [0.29, 0.717) is 31.1 Å². The van der Waals surface area contributed by atoms with Crippen molar-refractivity contribution in [1.82, 2.24) is 10.2 Å². The predicted octanol–water partition coefficient (Wildman–Crippen LogP) is 2.42. The van der Waals surface area contributed by atoms with E-state index in [9.17, 15) is 4.79 Å². The van der Waals surface area contributed by atoms with E-state index in [1.807, 2.05) is 31.2 Å². The van der Waals surface area contributed by atoms with Crippen LogP contribution in [0.1, 0.15) is 30.0 Å². The first-order valence-corrected chi connectivity index (χ1v) is 8.88. The molecule has 2 heterocycles. The van der Waals surface area contributed by atoms with Crippen LogP contribution in [0.15, 0.2) is 28.7 Å². The highest BCUT2D eigenvalue weighted by molar-refractivity contribution is 5.99. The summed E-state index contributed by atoms with van der Waals surface area (Å²) in [5, 5.41) is 3.94. The lowest BCUT2D eigenvalue weighted by Gasteiger charge is -2.32. The number of nitrogens with one attached hydrogen (secondary N) is 1. The summed E-state index contributed by atoms with van der Waals surface area (Å²) >= 11 is 0. The minimum absolute atomic E-state index is 0.189. The molecule has 6 nitrogen and oxygen atoms in total. The standard InChI is InChI=1S/C19H26N2O4/c1-3-23-13-16-15-6-4-5-7-17(15)25-18(16)19(22)20-12-14(2)21-8-10-24-11-9-21/h4-7,14H,3,8-13H2,1-2H3,(H,20,22). The summed E-state index contributed by atoms with van der Waals surface area (Å²) in [5.74, 6) is 0.162. The third kappa shape index (κ3) is 4.21. The molecule has 0 aliphatic carbocycles. The van der Waals surface area contributed by atoms with E-state index in [1.54, 1.807) is 0 Å². The number of nitrogens with zero attached hydrogens (tertiary/aromatic N) is 1. The van der Waals surface area contributed by atoms with E-state index in [2.05, 4.69) is 17.1 Å². The maximum absolute atomic E-state index is 12.7. The number of morpholine rings is 1. The fraction of sp³-hybridized carbons (Fsp3) is 0.526.